The van der Waals surface area contributed by atoms with E-state index in [0.29, 0.717) is 28.7 Å². The molecule has 0 N–H and O–H groups in total. The molecule has 88 valence electrons. The molecule has 0 saturated carbocycles. The van der Waals surface area contributed by atoms with Crippen molar-refractivity contribution in [1.82, 2.24) is 15.0 Å². The highest BCUT2D eigenvalue weighted by atomic mass is 35.5. The molecule has 0 aromatic carbocycles. The zero-order valence-corrected chi connectivity index (χ0v) is 10.3. The number of halogens is 2. The van der Waals surface area contributed by atoms with Gasteiger partial charge in [-0.05, 0) is 13.0 Å². The summed E-state index contributed by atoms with van der Waals surface area (Å²) in [5, 5.41) is 0.399. The first kappa shape index (κ1) is 11.9. The minimum atomic E-state index is -0.394. The molecule has 17 heavy (non-hydrogen) atoms. The second-order valence-electron chi connectivity index (χ2n) is 3.65. The quantitative estimate of drug-likeness (QED) is 0.770. The van der Waals surface area contributed by atoms with E-state index in [1.54, 1.807) is 6.20 Å². The van der Waals surface area contributed by atoms with E-state index in [0.717, 1.165) is 11.8 Å². The number of nitrogens with zero attached hydrogens (tertiary/aromatic N) is 3. The van der Waals surface area contributed by atoms with Crippen LogP contribution in [-0.4, -0.2) is 15.0 Å². The SMILES string of the molecule is CCc1nc(Cl)c(C)c(-c2cncc(F)c2)n1. The number of aryl methyl sites for hydroxylation is 1. The topological polar surface area (TPSA) is 38.7 Å². The number of hydrogen-bond acceptors (Lipinski definition) is 3. The summed E-state index contributed by atoms with van der Waals surface area (Å²) in [4.78, 5) is 12.3. The Labute approximate surface area is 104 Å². The molecular weight excluding hydrogens is 241 g/mol. The molecule has 2 rings (SSSR count). The van der Waals surface area contributed by atoms with Crippen LogP contribution in [0.3, 0.4) is 0 Å². The maximum Gasteiger partial charge on any atom is 0.142 e. The normalized spacial score (nSPS) is 10.6. The Bertz CT molecular complexity index is 557. The van der Waals surface area contributed by atoms with Gasteiger partial charge in [-0.2, -0.15) is 0 Å². The summed E-state index contributed by atoms with van der Waals surface area (Å²) in [6, 6.07) is 1.39. The lowest BCUT2D eigenvalue weighted by molar-refractivity contribution is 0.622. The van der Waals surface area contributed by atoms with Gasteiger partial charge in [0.05, 0.1) is 11.9 Å². The van der Waals surface area contributed by atoms with Gasteiger partial charge < -0.3 is 0 Å². The molecule has 0 atom stereocenters. The predicted molar refractivity (Wildman–Crippen MR) is 64.3 cm³/mol. The first-order valence-electron chi connectivity index (χ1n) is 5.25. The van der Waals surface area contributed by atoms with E-state index in [4.69, 9.17) is 11.6 Å². The van der Waals surface area contributed by atoms with Crippen LogP contribution >= 0.6 is 11.6 Å². The Morgan fingerprint density at radius 2 is 2.06 bits per heavy atom. The molecule has 0 radical (unpaired) electrons. The highest BCUT2D eigenvalue weighted by Gasteiger charge is 2.11. The summed E-state index contributed by atoms with van der Waals surface area (Å²) in [6.45, 7) is 3.75. The van der Waals surface area contributed by atoms with E-state index in [1.165, 1.54) is 6.07 Å². The van der Waals surface area contributed by atoms with Crippen LogP contribution in [0.15, 0.2) is 18.5 Å². The fourth-order valence-electron chi connectivity index (χ4n) is 1.51. The molecule has 0 spiro atoms. The van der Waals surface area contributed by atoms with Gasteiger partial charge in [0.15, 0.2) is 0 Å². The lowest BCUT2D eigenvalue weighted by atomic mass is 10.1. The summed E-state index contributed by atoms with van der Waals surface area (Å²) >= 11 is 6.02. The van der Waals surface area contributed by atoms with Crippen molar-refractivity contribution in [2.45, 2.75) is 20.3 Å². The van der Waals surface area contributed by atoms with Gasteiger partial charge in [-0.25, -0.2) is 14.4 Å². The number of rotatable bonds is 2. The Morgan fingerprint density at radius 1 is 1.29 bits per heavy atom. The van der Waals surface area contributed by atoms with Crippen LogP contribution < -0.4 is 0 Å². The van der Waals surface area contributed by atoms with Crippen LogP contribution in [0.2, 0.25) is 5.15 Å². The summed E-state index contributed by atoms with van der Waals surface area (Å²) in [5.74, 6) is 0.245. The number of pyridine rings is 1. The van der Waals surface area contributed by atoms with Gasteiger partial charge >= 0.3 is 0 Å². The average molecular weight is 252 g/mol. The van der Waals surface area contributed by atoms with E-state index in [-0.39, 0.29) is 0 Å². The fourth-order valence-corrected chi connectivity index (χ4v) is 1.70. The molecule has 0 aliphatic heterocycles. The highest BCUT2D eigenvalue weighted by Crippen LogP contribution is 2.25. The maximum atomic E-state index is 13.1. The van der Waals surface area contributed by atoms with E-state index in [2.05, 4.69) is 15.0 Å². The van der Waals surface area contributed by atoms with Crippen LogP contribution in [0.1, 0.15) is 18.3 Å². The van der Waals surface area contributed by atoms with Gasteiger partial charge in [0.25, 0.3) is 0 Å². The summed E-state index contributed by atoms with van der Waals surface area (Å²) < 4.78 is 13.1. The Balaban J connectivity index is 2.62. The standard InChI is InChI=1S/C12H11ClFN3/c1-3-10-16-11(7(2)12(13)17-10)8-4-9(14)6-15-5-8/h4-6H,3H2,1-2H3. The van der Waals surface area contributed by atoms with E-state index in [9.17, 15) is 4.39 Å². The molecule has 0 unspecified atom stereocenters. The van der Waals surface area contributed by atoms with Crippen LogP contribution in [0.25, 0.3) is 11.3 Å². The Morgan fingerprint density at radius 3 is 2.71 bits per heavy atom. The lowest BCUT2D eigenvalue weighted by Crippen LogP contribution is -2.00. The molecule has 0 saturated heterocycles. The van der Waals surface area contributed by atoms with Crippen molar-refractivity contribution in [2.24, 2.45) is 0 Å². The van der Waals surface area contributed by atoms with Crippen LogP contribution in [-0.2, 0) is 6.42 Å². The fraction of sp³-hybridized carbons (Fsp3) is 0.250. The third-order valence-corrected chi connectivity index (χ3v) is 2.80. The van der Waals surface area contributed by atoms with Crippen molar-refractivity contribution in [2.75, 3.05) is 0 Å². The lowest BCUT2D eigenvalue weighted by Gasteiger charge is -2.08. The molecular formula is C12H11ClFN3. The molecule has 0 aliphatic carbocycles. The zero-order chi connectivity index (χ0) is 12.4. The number of hydrogen-bond donors (Lipinski definition) is 0. The van der Waals surface area contributed by atoms with Gasteiger partial charge in [0, 0.05) is 23.7 Å². The van der Waals surface area contributed by atoms with E-state index >= 15 is 0 Å². The Kier molecular flexibility index (Phi) is 3.33. The van der Waals surface area contributed by atoms with Crippen molar-refractivity contribution in [3.63, 3.8) is 0 Å². The average Bonchev–Trinajstić information content (AvgIpc) is 2.32. The first-order chi connectivity index (χ1) is 8.11. The smallest absolute Gasteiger partial charge is 0.142 e. The minimum Gasteiger partial charge on any atom is -0.261 e. The third-order valence-electron chi connectivity index (χ3n) is 2.43. The molecule has 0 bridgehead atoms. The van der Waals surface area contributed by atoms with Crippen LogP contribution in [0.5, 0.6) is 0 Å². The van der Waals surface area contributed by atoms with Crippen molar-refractivity contribution >= 4 is 11.6 Å². The molecule has 2 heterocycles. The van der Waals surface area contributed by atoms with Gasteiger partial charge in [0.1, 0.15) is 16.8 Å². The van der Waals surface area contributed by atoms with Gasteiger partial charge in [0.2, 0.25) is 0 Å². The minimum absolute atomic E-state index is 0.394. The van der Waals surface area contributed by atoms with Gasteiger partial charge in [-0.3, -0.25) is 4.98 Å². The summed E-state index contributed by atoms with van der Waals surface area (Å²) in [7, 11) is 0. The molecule has 3 nitrogen and oxygen atoms in total. The van der Waals surface area contributed by atoms with Gasteiger partial charge in [-0.1, -0.05) is 18.5 Å². The molecule has 0 fully saturated rings. The second-order valence-corrected chi connectivity index (χ2v) is 4.01. The van der Waals surface area contributed by atoms with Crippen molar-refractivity contribution in [3.05, 3.63) is 40.8 Å². The zero-order valence-electron chi connectivity index (χ0n) is 9.54. The van der Waals surface area contributed by atoms with Crippen molar-refractivity contribution in [3.8, 4) is 11.3 Å². The van der Waals surface area contributed by atoms with E-state index in [1.807, 2.05) is 13.8 Å². The first-order valence-corrected chi connectivity index (χ1v) is 5.63. The predicted octanol–water partition coefficient (Wildman–Crippen LogP) is 3.20. The summed E-state index contributed by atoms with van der Waals surface area (Å²) in [6.07, 6.45) is 3.40. The molecule has 0 amide bonds. The van der Waals surface area contributed by atoms with Crippen molar-refractivity contribution < 1.29 is 4.39 Å². The largest absolute Gasteiger partial charge is 0.261 e. The van der Waals surface area contributed by atoms with Crippen LogP contribution in [0, 0.1) is 12.7 Å². The third kappa shape index (κ3) is 2.42. The van der Waals surface area contributed by atoms with Gasteiger partial charge in [-0.15, -0.1) is 0 Å². The highest BCUT2D eigenvalue weighted by molar-refractivity contribution is 6.30. The second kappa shape index (κ2) is 4.75. The molecule has 2 aromatic heterocycles. The molecule has 2 aromatic rings. The summed E-state index contributed by atoms with van der Waals surface area (Å²) in [5.41, 5.74) is 1.98. The molecule has 5 heteroatoms. The maximum absolute atomic E-state index is 13.1. The van der Waals surface area contributed by atoms with Crippen molar-refractivity contribution in [1.29, 1.82) is 0 Å². The molecule has 0 aliphatic rings. The number of aromatic nitrogens is 3. The Hall–Kier alpha value is -1.55. The monoisotopic (exact) mass is 251 g/mol. The van der Waals surface area contributed by atoms with Crippen LogP contribution in [0.4, 0.5) is 4.39 Å². The van der Waals surface area contributed by atoms with E-state index < -0.39 is 5.82 Å².